The van der Waals surface area contributed by atoms with E-state index in [-0.39, 0.29) is 23.9 Å². The van der Waals surface area contributed by atoms with E-state index in [1.54, 1.807) is 0 Å². The number of carbonyl (C=O) groups is 1. The third-order valence-electron chi connectivity index (χ3n) is 3.58. The SMILES string of the molecule is CCCC(C)(C)C(=O)COC1C#CCCCCC1. The summed E-state index contributed by atoms with van der Waals surface area (Å²) in [7, 11) is 0. The number of ketones is 1. The minimum absolute atomic E-state index is 0.0355. The topological polar surface area (TPSA) is 26.3 Å². The molecule has 1 rings (SSSR count). The second-order valence-corrected chi connectivity index (χ2v) is 5.78. The third-order valence-corrected chi connectivity index (χ3v) is 3.58. The molecule has 102 valence electrons. The Bertz CT molecular complexity index is 320. The Kier molecular flexibility index (Phi) is 6.43. The van der Waals surface area contributed by atoms with E-state index >= 15 is 0 Å². The minimum Gasteiger partial charge on any atom is -0.358 e. The summed E-state index contributed by atoms with van der Waals surface area (Å²) >= 11 is 0. The first-order chi connectivity index (χ1) is 8.56. The Morgan fingerprint density at radius 1 is 1.33 bits per heavy atom. The van der Waals surface area contributed by atoms with Crippen LogP contribution in [0.5, 0.6) is 0 Å². The molecule has 0 saturated carbocycles. The van der Waals surface area contributed by atoms with Crippen LogP contribution in [0.2, 0.25) is 0 Å². The zero-order chi connectivity index (χ0) is 13.4. The number of hydrogen-bond acceptors (Lipinski definition) is 2. The van der Waals surface area contributed by atoms with Crippen LogP contribution in [0.1, 0.15) is 65.7 Å². The molecule has 0 saturated heterocycles. The molecule has 0 spiro atoms. The summed E-state index contributed by atoms with van der Waals surface area (Å²) in [6, 6.07) is 0. The van der Waals surface area contributed by atoms with Gasteiger partial charge in [0, 0.05) is 11.8 Å². The molecule has 0 amide bonds. The molecule has 0 aromatic rings. The average molecular weight is 250 g/mol. The molecule has 0 bridgehead atoms. The molecule has 0 radical (unpaired) electrons. The first-order valence-electron chi connectivity index (χ1n) is 7.19. The molecular formula is C16H26O2. The maximum Gasteiger partial charge on any atom is 0.164 e. The molecule has 0 aromatic heterocycles. The van der Waals surface area contributed by atoms with Crippen molar-refractivity contribution in [3.63, 3.8) is 0 Å². The molecule has 18 heavy (non-hydrogen) atoms. The van der Waals surface area contributed by atoms with Crippen LogP contribution in [-0.4, -0.2) is 18.5 Å². The van der Waals surface area contributed by atoms with Gasteiger partial charge in [0.25, 0.3) is 0 Å². The second-order valence-electron chi connectivity index (χ2n) is 5.78. The fourth-order valence-electron chi connectivity index (χ4n) is 2.24. The molecule has 0 fully saturated rings. The van der Waals surface area contributed by atoms with Gasteiger partial charge in [-0.25, -0.2) is 0 Å². The lowest BCUT2D eigenvalue weighted by Gasteiger charge is -2.23. The normalized spacial score (nSPS) is 20.5. The van der Waals surface area contributed by atoms with E-state index in [4.69, 9.17) is 4.74 Å². The van der Waals surface area contributed by atoms with Crippen molar-refractivity contribution >= 4 is 5.78 Å². The molecule has 0 aromatic carbocycles. The first-order valence-corrected chi connectivity index (χ1v) is 7.19. The van der Waals surface area contributed by atoms with Crippen LogP contribution < -0.4 is 0 Å². The van der Waals surface area contributed by atoms with Gasteiger partial charge in [0.15, 0.2) is 5.78 Å². The molecule has 1 aliphatic rings. The summed E-state index contributed by atoms with van der Waals surface area (Å²) in [5, 5.41) is 0. The van der Waals surface area contributed by atoms with E-state index < -0.39 is 0 Å². The Morgan fingerprint density at radius 2 is 2.11 bits per heavy atom. The maximum atomic E-state index is 12.1. The Morgan fingerprint density at radius 3 is 2.83 bits per heavy atom. The maximum absolute atomic E-state index is 12.1. The van der Waals surface area contributed by atoms with Crippen LogP contribution in [-0.2, 0) is 9.53 Å². The Labute approximate surface area is 111 Å². The van der Waals surface area contributed by atoms with Gasteiger partial charge in [-0.15, -0.1) is 5.92 Å². The smallest absolute Gasteiger partial charge is 0.164 e. The molecule has 0 aliphatic heterocycles. The van der Waals surface area contributed by atoms with Crippen molar-refractivity contribution in [2.75, 3.05) is 6.61 Å². The monoisotopic (exact) mass is 250 g/mol. The van der Waals surface area contributed by atoms with Crippen molar-refractivity contribution in [2.24, 2.45) is 5.41 Å². The van der Waals surface area contributed by atoms with E-state index in [1.165, 1.54) is 12.8 Å². The number of hydrogen-bond donors (Lipinski definition) is 0. The van der Waals surface area contributed by atoms with Crippen LogP contribution in [0.3, 0.4) is 0 Å². The molecule has 2 nitrogen and oxygen atoms in total. The predicted octanol–water partition coefficient (Wildman–Crippen LogP) is 3.73. The highest BCUT2D eigenvalue weighted by Crippen LogP contribution is 2.24. The Hall–Kier alpha value is -0.810. The van der Waals surface area contributed by atoms with Gasteiger partial charge in [-0.05, 0) is 25.7 Å². The van der Waals surface area contributed by atoms with Crippen LogP contribution in [0.25, 0.3) is 0 Å². The highest BCUT2D eigenvalue weighted by Gasteiger charge is 2.26. The lowest BCUT2D eigenvalue weighted by atomic mass is 9.84. The van der Waals surface area contributed by atoms with Crippen molar-refractivity contribution < 1.29 is 9.53 Å². The largest absolute Gasteiger partial charge is 0.358 e. The molecular weight excluding hydrogens is 224 g/mol. The number of Topliss-reactive ketones (excluding diaryl/α,β-unsaturated/α-hetero) is 1. The lowest BCUT2D eigenvalue weighted by Crippen LogP contribution is -2.30. The highest BCUT2D eigenvalue weighted by molar-refractivity contribution is 5.85. The zero-order valence-corrected chi connectivity index (χ0v) is 12.1. The third kappa shape index (κ3) is 5.23. The molecule has 1 aliphatic carbocycles. The molecule has 1 atom stereocenters. The van der Waals surface area contributed by atoms with Gasteiger partial charge >= 0.3 is 0 Å². The molecule has 2 heteroatoms. The number of carbonyl (C=O) groups excluding carboxylic acids is 1. The second kappa shape index (κ2) is 7.59. The van der Waals surface area contributed by atoms with Gasteiger partial charge in [0.1, 0.15) is 12.7 Å². The zero-order valence-electron chi connectivity index (χ0n) is 12.1. The van der Waals surface area contributed by atoms with E-state index in [1.807, 2.05) is 13.8 Å². The van der Waals surface area contributed by atoms with Crippen molar-refractivity contribution in [1.82, 2.24) is 0 Å². The van der Waals surface area contributed by atoms with E-state index in [0.717, 1.165) is 32.1 Å². The van der Waals surface area contributed by atoms with Crippen molar-refractivity contribution in [1.29, 1.82) is 0 Å². The van der Waals surface area contributed by atoms with Gasteiger partial charge < -0.3 is 4.74 Å². The lowest BCUT2D eigenvalue weighted by molar-refractivity contribution is -0.133. The fraction of sp³-hybridized carbons (Fsp3) is 0.812. The highest BCUT2D eigenvalue weighted by atomic mass is 16.5. The fourth-order valence-corrected chi connectivity index (χ4v) is 2.24. The van der Waals surface area contributed by atoms with Crippen LogP contribution in [0.4, 0.5) is 0 Å². The molecule has 0 N–H and O–H groups in total. The van der Waals surface area contributed by atoms with Gasteiger partial charge in [0.2, 0.25) is 0 Å². The summed E-state index contributed by atoms with van der Waals surface area (Å²) in [6.07, 6.45) is 7.43. The van der Waals surface area contributed by atoms with Gasteiger partial charge in [-0.2, -0.15) is 0 Å². The van der Waals surface area contributed by atoms with Crippen LogP contribution >= 0.6 is 0 Å². The quantitative estimate of drug-likeness (QED) is 0.671. The van der Waals surface area contributed by atoms with Crippen LogP contribution in [0, 0.1) is 17.3 Å². The van der Waals surface area contributed by atoms with E-state index in [9.17, 15) is 4.79 Å². The van der Waals surface area contributed by atoms with Crippen molar-refractivity contribution in [2.45, 2.75) is 71.8 Å². The molecule has 1 unspecified atom stereocenters. The minimum atomic E-state index is -0.260. The number of ether oxygens (including phenoxy) is 1. The van der Waals surface area contributed by atoms with Crippen molar-refractivity contribution in [3.05, 3.63) is 0 Å². The van der Waals surface area contributed by atoms with Gasteiger partial charge in [-0.1, -0.05) is 39.5 Å². The number of rotatable bonds is 6. The van der Waals surface area contributed by atoms with Crippen molar-refractivity contribution in [3.8, 4) is 11.8 Å². The van der Waals surface area contributed by atoms with Gasteiger partial charge in [-0.3, -0.25) is 4.79 Å². The standard InChI is InChI=1S/C16H26O2/c1-4-12-16(2,3)15(17)13-18-14-10-8-6-5-7-9-11-14/h14H,4-8,10,12-13H2,1-3H3. The predicted molar refractivity (Wildman–Crippen MR) is 74.3 cm³/mol. The Balaban J connectivity index is 2.41. The first kappa shape index (κ1) is 15.2. The van der Waals surface area contributed by atoms with E-state index in [0.29, 0.717) is 0 Å². The molecule has 0 heterocycles. The summed E-state index contributed by atoms with van der Waals surface area (Å²) in [4.78, 5) is 12.1. The van der Waals surface area contributed by atoms with Crippen LogP contribution in [0.15, 0.2) is 0 Å². The summed E-state index contributed by atoms with van der Waals surface area (Å²) in [5.41, 5.74) is -0.260. The summed E-state index contributed by atoms with van der Waals surface area (Å²) < 4.78 is 5.69. The summed E-state index contributed by atoms with van der Waals surface area (Å²) in [5.74, 6) is 6.48. The summed E-state index contributed by atoms with van der Waals surface area (Å²) in [6.45, 7) is 6.33. The van der Waals surface area contributed by atoms with E-state index in [2.05, 4.69) is 18.8 Å². The average Bonchev–Trinajstić information content (AvgIpc) is 2.27. The van der Waals surface area contributed by atoms with Gasteiger partial charge in [0.05, 0.1) is 0 Å².